The second-order valence-corrected chi connectivity index (χ2v) is 10.7. The Balaban J connectivity index is 0.000000762. The maximum Gasteiger partial charge on any atom is 2.00 e. The Kier molecular flexibility index (Phi) is 23.7. The molecule has 2 N–H and O–H groups in total. The van der Waals surface area contributed by atoms with E-state index in [0.29, 0.717) is 5.56 Å². The van der Waals surface area contributed by atoms with Crippen molar-refractivity contribution >= 4 is 49.7 Å². The van der Waals surface area contributed by atoms with Gasteiger partial charge in [-0.2, -0.15) is 0 Å². The van der Waals surface area contributed by atoms with Crippen LogP contribution in [0.5, 0.6) is 11.5 Å². The molecule has 0 aliphatic carbocycles. The minimum Gasteiger partial charge on any atom is -0.872 e. The molecule has 0 unspecified atom stereocenters. The number of aryl methyl sites for hydroxylation is 2. The summed E-state index contributed by atoms with van der Waals surface area (Å²) in [6.07, 6.45) is 21.5. The number of hydrogen-bond donors (Lipinski definition) is 2. The molecule has 41 heavy (non-hydrogen) atoms. The Morgan fingerprint density at radius 2 is 1.05 bits per heavy atom. The predicted octanol–water partition coefficient (Wildman–Crippen LogP) is 7.20. The average molecular weight is 595 g/mol. The molecule has 7 heteroatoms. The molecule has 224 valence electrons. The van der Waals surface area contributed by atoms with Crippen LogP contribution < -0.4 is 10.2 Å². The maximum atomic E-state index is 11.7. The molecule has 0 atom stereocenters. The van der Waals surface area contributed by atoms with Gasteiger partial charge in [-0.15, -0.1) is 5.75 Å². The molecule has 2 aromatic rings. The van der Waals surface area contributed by atoms with Gasteiger partial charge in [-0.25, -0.2) is 4.79 Å². The molecule has 2 aromatic carbocycles. The number of benzene rings is 2. The van der Waals surface area contributed by atoms with E-state index in [9.17, 15) is 24.9 Å². The van der Waals surface area contributed by atoms with Gasteiger partial charge < -0.3 is 25.2 Å². The Labute approximate surface area is 277 Å². The number of carbonyl (C=O) groups excluding carboxylic acids is 1. The summed E-state index contributed by atoms with van der Waals surface area (Å²) in [5.74, 6) is -2.37. The van der Waals surface area contributed by atoms with Crippen molar-refractivity contribution in [2.45, 2.75) is 129 Å². The first-order valence-corrected chi connectivity index (χ1v) is 15.4. The molecule has 0 spiro atoms. The topological polar surface area (TPSA) is 121 Å². The third-order valence-corrected chi connectivity index (χ3v) is 7.23. The first-order chi connectivity index (χ1) is 19.3. The molecule has 2 rings (SSSR count). The molecule has 0 aliphatic rings. The number of hydrogen-bond acceptors (Lipinski definition) is 5. The number of carboxylic acids is 2. The van der Waals surface area contributed by atoms with Crippen LogP contribution >= 0.6 is 0 Å². The van der Waals surface area contributed by atoms with E-state index in [1.54, 1.807) is 18.2 Å². The minimum atomic E-state index is -1.29. The fourth-order valence-electron chi connectivity index (χ4n) is 4.70. The Morgan fingerprint density at radius 1 is 0.634 bits per heavy atom. The smallest absolute Gasteiger partial charge is 0.872 e. The fourth-order valence-corrected chi connectivity index (χ4v) is 4.70. The van der Waals surface area contributed by atoms with E-state index in [0.717, 1.165) is 43.7 Å². The molecule has 0 bridgehead atoms. The Bertz CT molecular complexity index is 912. The van der Waals surface area contributed by atoms with Gasteiger partial charge in [-0.05, 0) is 48.9 Å². The van der Waals surface area contributed by atoms with Crippen LogP contribution in [0.1, 0.15) is 148 Å². The first kappa shape index (κ1) is 39.2. The standard InChI is InChI=1S/2C17H26O3.Ca/c2*1-2-3-4-5-6-7-8-9-10-14-11-12-15(17(19)20)13-16(14)18;/h2*11-13,18H,2-10H2,1H3,(H,19,20);/q;;+2/p-2. The zero-order valence-corrected chi connectivity index (χ0v) is 27.6. The summed E-state index contributed by atoms with van der Waals surface area (Å²) in [6, 6.07) is 8.85. The molecular formula is C34H50CaO6. The summed E-state index contributed by atoms with van der Waals surface area (Å²) in [5, 5.41) is 40.9. The molecule has 0 saturated heterocycles. The number of unbranched alkanes of at least 4 members (excludes halogenated alkanes) is 14. The van der Waals surface area contributed by atoms with Crippen molar-refractivity contribution in [2.75, 3.05) is 0 Å². The van der Waals surface area contributed by atoms with Crippen molar-refractivity contribution in [1.82, 2.24) is 0 Å². The summed E-state index contributed by atoms with van der Waals surface area (Å²) in [5.41, 5.74) is 1.67. The molecule has 0 aliphatic heterocycles. The molecule has 0 heterocycles. The molecule has 0 aromatic heterocycles. The second kappa shape index (κ2) is 24.8. The van der Waals surface area contributed by atoms with Crippen LogP contribution in [0, 0.1) is 0 Å². The number of aromatic hydroxyl groups is 1. The second-order valence-electron chi connectivity index (χ2n) is 10.7. The third kappa shape index (κ3) is 18.4. The normalized spacial score (nSPS) is 10.4. The van der Waals surface area contributed by atoms with Gasteiger partial charge in [-0.3, -0.25) is 0 Å². The van der Waals surface area contributed by atoms with E-state index in [1.165, 1.54) is 95.6 Å². The summed E-state index contributed by atoms with van der Waals surface area (Å²) < 4.78 is 0. The largest absolute Gasteiger partial charge is 2.00 e. The summed E-state index contributed by atoms with van der Waals surface area (Å²) >= 11 is 0. The molecule has 0 saturated carbocycles. The van der Waals surface area contributed by atoms with Crippen molar-refractivity contribution < 1.29 is 30.0 Å². The fraction of sp³-hybridized carbons (Fsp3) is 0.588. The SMILES string of the molecule is CCCCCCCCCCc1ccc(C(=O)O)cc1O.CCCCCCCCCCc1ccc(C(=O)[O-])cc1[O-].[Ca+2]. The number of phenols is 1. The van der Waals surface area contributed by atoms with Gasteiger partial charge in [0.25, 0.3) is 0 Å². The van der Waals surface area contributed by atoms with Crippen LogP contribution in [0.25, 0.3) is 0 Å². The van der Waals surface area contributed by atoms with Gasteiger partial charge in [0.05, 0.1) is 11.5 Å². The van der Waals surface area contributed by atoms with E-state index < -0.39 is 11.9 Å². The van der Waals surface area contributed by atoms with Crippen molar-refractivity contribution in [3.8, 4) is 11.5 Å². The number of phenolic OH excluding ortho intramolecular Hbond substituents is 1. The zero-order valence-electron chi connectivity index (χ0n) is 25.4. The number of rotatable bonds is 20. The summed E-state index contributed by atoms with van der Waals surface area (Å²) in [7, 11) is 0. The number of aromatic carboxylic acids is 2. The van der Waals surface area contributed by atoms with E-state index in [1.807, 2.05) is 0 Å². The average Bonchev–Trinajstić information content (AvgIpc) is 2.93. The predicted molar refractivity (Wildman–Crippen MR) is 164 cm³/mol. The van der Waals surface area contributed by atoms with Crippen LogP contribution in [0.2, 0.25) is 0 Å². The van der Waals surface area contributed by atoms with Gasteiger partial charge >= 0.3 is 43.7 Å². The maximum absolute atomic E-state index is 11.7. The quantitative estimate of drug-likeness (QED) is 0.124. The third-order valence-electron chi connectivity index (χ3n) is 7.23. The molecule has 0 amide bonds. The molecular weight excluding hydrogens is 544 g/mol. The van der Waals surface area contributed by atoms with Crippen LogP contribution in [0.4, 0.5) is 0 Å². The minimum absolute atomic E-state index is 0. The van der Waals surface area contributed by atoms with Crippen molar-refractivity contribution in [3.63, 3.8) is 0 Å². The van der Waals surface area contributed by atoms with Crippen LogP contribution in [-0.2, 0) is 12.8 Å². The summed E-state index contributed by atoms with van der Waals surface area (Å²) in [4.78, 5) is 21.4. The van der Waals surface area contributed by atoms with Crippen molar-refractivity contribution in [2.24, 2.45) is 0 Å². The van der Waals surface area contributed by atoms with E-state index >= 15 is 0 Å². The number of carboxylic acid groups (broad SMARTS) is 2. The van der Waals surface area contributed by atoms with Gasteiger partial charge in [0, 0.05) is 0 Å². The Hall–Kier alpha value is -1.76. The summed E-state index contributed by atoms with van der Waals surface area (Å²) in [6.45, 7) is 4.44. The van der Waals surface area contributed by atoms with Gasteiger partial charge in [0.2, 0.25) is 0 Å². The van der Waals surface area contributed by atoms with E-state index in [-0.39, 0.29) is 60.4 Å². The van der Waals surface area contributed by atoms with Crippen LogP contribution in [0.15, 0.2) is 36.4 Å². The number of carbonyl (C=O) groups is 2. The first-order valence-electron chi connectivity index (χ1n) is 15.4. The monoisotopic (exact) mass is 594 g/mol. The molecule has 0 fully saturated rings. The zero-order chi connectivity index (χ0) is 29.6. The van der Waals surface area contributed by atoms with Gasteiger partial charge in [0.1, 0.15) is 5.75 Å². The van der Waals surface area contributed by atoms with Crippen molar-refractivity contribution in [3.05, 3.63) is 58.7 Å². The van der Waals surface area contributed by atoms with Gasteiger partial charge in [-0.1, -0.05) is 134 Å². The molecule has 6 nitrogen and oxygen atoms in total. The molecule has 0 radical (unpaired) electrons. The van der Waals surface area contributed by atoms with Gasteiger partial charge in [0.15, 0.2) is 0 Å². The van der Waals surface area contributed by atoms with Crippen molar-refractivity contribution in [1.29, 1.82) is 0 Å². The Morgan fingerprint density at radius 3 is 1.46 bits per heavy atom. The van der Waals surface area contributed by atoms with E-state index in [2.05, 4.69) is 13.8 Å². The van der Waals surface area contributed by atoms with Crippen LogP contribution in [-0.4, -0.2) is 59.9 Å². The van der Waals surface area contributed by atoms with E-state index in [4.69, 9.17) is 5.11 Å². The van der Waals surface area contributed by atoms with Crippen LogP contribution in [0.3, 0.4) is 0 Å².